The molecule has 0 radical (unpaired) electrons. The number of carbonyl (C=O) groups excluding carboxylic acids is 3. The Balaban J connectivity index is 1.92. The Labute approximate surface area is 161 Å². The molecule has 0 aliphatic heterocycles. The minimum Gasteiger partial charge on any atom is -0.493 e. The van der Waals surface area contributed by atoms with E-state index in [-0.39, 0.29) is 0 Å². The lowest BCUT2D eigenvalue weighted by Crippen LogP contribution is -2.32. The van der Waals surface area contributed by atoms with Crippen LogP contribution in [0.5, 0.6) is 11.5 Å². The number of esters is 1. The van der Waals surface area contributed by atoms with Crippen LogP contribution in [0.1, 0.15) is 15.9 Å². The molecule has 28 heavy (non-hydrogen) atoms. The number of ether oxygens (including phenoxy) is 3. The summed E-state index contributed by atoms with van der Waals surface area (Å²) in [6, 6.07) is 10.9. The molecule has 0 unspecified atom stereocenters. The predicted octanol–water partition coefficient (Wildman–Crippen LogP) is 1.58. The van der Waals surface area contributed by atoms with Gasteiger partial charge in [0.25, 0.3) is 0 Å². The summed E-state index contributed by atoms with van der Waals surface area (Å²) in [6.45, 7) is 0. The summed E-state index contributed by atoms with van der Waals surface area (Å²) in [5, 5.41) is 6.13. The summed E-state index contributed by atoms with van der Waals surface area (Å²) in [4.78, 5) is 35.1. The average molecular weight is 385 g/mol. The third-order valence-electron chi connectivity index (χ3n) is 3.56. The lowest BCUT2D eigenvalue weighted by molar-refractivity contribution is -0.136. The molecule has 0 spiro atoms. The van der Waals surface area contributed by atoms with E-state index in [1.165, 1.54) is 51.8 Å². The molecule has 2 aromatic carbocycles. The van der Waals surface area contributed by atoms with Crippen LogP contribution in [0.15, 0.2) is 47.6 Å². The van der Waals surface area contributed by atoms with E-state index in [0.717, 1.165) is 0 Å². The molecule has 2 aromatic rings. The quantitative estimate of drug-likeness (QED) is 0.338. The Morgan fingerprint density at radius 3 is 2.18 bits per heavy atom. The molecular formula is C19H19N3O6. The molecule has 0 fully saturated rings. The lowest BCUT2D eigenvalue weighted by atomic mass is 10.2. The minimum atomic E-state index is -0.950. The van der Waals surface area contributed by atoms with E-state index in [1.807, 2.05) is 0 Å². The number of nitrogens with one attached hydrogen (secondary N) is 2. The Kier molecular flexibility index (Phi) is 7.09. The number of methoxy groups -OCH3 is 3. The molecule has 2 N–H and O–H groups in total. The van der Waals surface area contributed by atoms with Gasteiger partial charge in [-0.25, -0.2) is 10.2 Å². The molecule has 0 aliphatic rings. The molecule has 146 valence electrons. The molecule has 0 atom stereocenters. The summed E-state index contributed by atoms with van der Waals surface area (Å²) in [5.41, 5.74) is 3.43. The predicted molar refractivity (Wildman–Crippen MR) is 102 cm³/mol. The molecular weight excluding hydrogens is 366 g/mol. The van der Waals surface area contributed by atoms with Crippen LogP contribution in [0, 0.1) is 0 Å². The Bertz CT molecular complexity index is 893. The minimum absolute atomic E-state index is 0.324. The second-order valence-corrected chi connectivity index (χ2v) is 5.34. The van der Waals surface area contributed by atoms with E-state index in [1.54, 1.807) is 18.2 Å². The fourth-order valence-electron chi connectivity index (χ4n) is 2.14. The third-order valence-corrected chi connectivity index (χ3v) is 3.56. The number of benzene rings is 2. The zero-order valence-corrected chi connectivity index (χ0v) is 15.5. The fourth-order valence-corrected chi connectivity index (χ4v) is 2.14. The van der Waals surface area contributed by atoms with E-state index in [4.69, 9.17) is 9.47 Å². The number of amides is 2. The summed E-state index contributed by atoms with van der Waals surface area (Å²) in [5.74, 6) is -1.30. The van der Waals surface area contributed by atoms with Gasteiger partial charge in [0.1, 0.15) is 0 Å². The van der Waals surface area contributed by atoms with Crippen LogP contribution in [-0.2, 0) is 14.3 Å². The average Bonchev–Trinajstić information content (AvgIpc) is 2.73. The van der Waals surface area contributed by atoms with Gasteiger partial charge in [-0.1, -0.05) is 0 Å². The Morgan fingerprint density at radius 2 is 1.57 bits per heavy atom. The van der Waals surface area contributed by atoms with Crippen molar-refractivity contribution in [2.75, 3.05) is 26.6 Å². The molecule has 9 nitrogen and oxygen atoms in total. The standard InChI is InChI=1S/C19H19N3O6/c1-26-15-9-4-12(10-16(15)27-2)11-20-22-18(24)17(23)21-14-7-5-13(6-8-14)19(25)28-3/h4-11H,1-3H3,(H,21,23)(H,22,24)/b20-11-. The number of rotatable bonds is 6. The number of hydrazone groups is 1. The van der Waals surface area contributed by atoms with Crippen LogP contribution < -0.4 is 20.2 Å². The second-order valence-electron chi connectivity index (χ2n) is 5.34. The van der Waals surface area contributed by atoms with Crippen LogP contribution in [0.25, 0.3) is 0 Å². The van der Waals surface area contributed by atoms with Crippen LogP contribution in [0.4, 0.5) is 5.69 Å². The van der Waals surface area contributed by atoms with E-state index >= 15 is 0 Å². The fraction of sp³-hybridized carbons (Fsp3) is 0.158. The van der Waals surface area contributed by atoms with Crippen LogP contribution in [0.2, 0.25) is 0 Å². The SMILES string of the molecule is COC(=O)c1ccc(NC(=O)C(=O)N/N=C\c2ccc(OC)c(OC)c2)cc1. The highest BCUT2D eigenvalue weighted by molar-refractivity contribution is 6.39. The molecule has 0 aliphatic carbocycles. The smallest absolute Gasteiger partial charge is 0.337 e. The van der Waals surface area contributed by atoms with Gasteiger partial charge < -0.3 is 19.5 Å². The maximum atomic E-state index is 11.9. The molecule has 2 rings (SSSR count). The van der Waals surface area contributed by atoms with E-state index in [9.17, 15) is 14.4 Å². The molecule has 2 amide bonds. The number of anilines is 1. The van der Waals surface area contributed by atoms with Crippen molar-refractivity contribution in [2.24, 2.45) is 5.10 Å². The first-order chi connectivity index (χ1) is 13.5. The highest BCUT2D eigenvalue weighted by Crippen LogP contribution is 2.26. The van der Waals surface area contributed by atoms with Crippen molar-refractivity contribution in [1.82, 2.24) is 5.43 Å². The summed E-state index contributed by atoms with van der Waals surface area (Å²) in [7, 11) is 4.29. The van der Waals surface area contributed by atoms with E-state index in [0.29, 0.717) is 28.3 Å². The highest BCUT2D eigenvalue weighted by atomic mass is 16.5. The first kappa shape index (κ1) is 20.4. The monoisotopic (exact) mass is 385 g/mol. The van der Waals surface area contributed by atoms with Gasteiger partial charge in [0.15, 0.2) is 11.5 Å². The van der Waals surface area contributed by atoms with Gasteiger partial charge in [-0.15, -0.1) is 0 Å². The zero-order chi connectivity index (χ0) is 20.5. The number of carbonyl (C=O) groups is 3. The van der Waals surface area contributed by atoms with Crippen molar-refractivity contribution in [1.29, 1.82) is 0 Å². The maximum Gasteiger partial charge on any atom is 0.337 e. The van der Waals surface area contributed by atoms with Gasteiger partial charge in [0.2, 0.25) is 0 Å². The van der Waals surface area contributed by atoms with E-state index in [2.05, 4.69) is 20.6 Å². The van der Waals surface area contributed by atoms with Crippen molar-refractivity contribution in [3.63, 3.8) is 0 Å². The van der Waals surface area contributed by atoms with E-state index < -0.39 is 17.8 Å². The summed E-state index contributed by atoms with van der Waals surface area (Å²) >= 11 is 0. The number of hydrogen-bond acceptors (Lipinski definition) is 7. The Morgan fingerprint density at radius 1 is 0.893 bits per heavy atom. The molecule has 9 heteroatoms. The van der Waals surface area contributed by atoms with Gasteiger partial charge in [0, 0.05) is 5.69 Å². The van der Waals surface area contributed by atoms with Crippen molar-refractivity contribution >= 4 is 29.7 Å². The molecule has 0 aromatic heterocycles. The normalized spacial score (nSPS) is 10.2. The first-order valence-corrected chi connectivity index (χ1v) is 8.03. The zero-order valence-electron chi connectivity index (χ0n) is 15.5. The third kappa shape index (κ3) is 5.31. The van der Waals surface area contributed by atoms with Gasteiger partial charge in [0.05, 0.1) is 33.1 Å². The van der Waals surface area contributed by atoms with Gasteiger partial charge in [-0.05, 0) is 48.0 Å². The van der Waals surface area contributed by atoms with Gasteiger partial charge in [-0.3, -0.25) is 9.59 Å². The van der Waals surface area contributed by atoms with Gasteiger partial charge in [-0.2, -0.15) is 5.10 Å². The largest absolute Gasteiger partial charge is 0.493 e. The molecule has 0 heterocycles. The van der Waals surface area contributed by atoms with Crippen molar-refractivity contribution < 1.29 is 28.6 Å². The first-order valence-electron chi connectivity index (χ1n) is 8.03. The van der Waals surface area contributed by atoms with Crippen molar-refractivity contribution in [3.8, 4) is 11.5 Å². The van der Waals surface area contributed by atoms with Gasteiger partial charge >= 0.3 is 17.8 Å². The molecule has 0 bridgehead atoms. The lowest BCUT2D eigenvalue weighted by Gasteiger charge is -2.07. The topological polar surface area (TPSA) is 115 Å². The summed E-state index contributed by atoms with van der Waals surface area (Å²) in [6.07, 6.45) is 1.36. The van der Waals surface area contributed by atoms with Crippen LogP contribution >= 0.6 is 0 Å². The van der Waals surface area contributed by atoms with Crippen LogP contribution in [0.3, 0.4) is 0 Å². The molecule has 0 saturated heterocycles. The van der Waals surface area contributed by atoms with Crippen LogP contribution in [-0.4, -0.2) is 45.3 Å². The highest BCUT2D eigenvalue weighted by Gasteiger charge is 2.13. The second kappa shape index (κ2) is 9.72. The number of hydrogen-bond donors (Lipinski definition) is 2. The Hall–Kier alpha value is -3.88. The summed E-state index contributed by atoms with van der Waals surface area (Å²) < 4.78 is 14.9. The maximum absolute atomic E-state index is 11.9. The number of nitrogens with zero attached hydrogens (tertiary/aromatic N) is 1. The van der Waals surface area contributed by atoms with Crippen molar-refractivity contribution in [2.45, 2.75) is 0 Å². The van der Waals surface area contributed by atoms with Crippen molar-refractivity contribution in [3.05, 3.63) is 53.6 Å². The molecule has 0 saturated carbocycles.